The minimum absolute atomic E-state index is 0.181. The van der Waals surface area contributed by atoms with Gasteiger partial charge in [0.15, 0.2) is 0 Å². The zero-order valence-corrected chi connectivity index (χ0v) is 11.5. The predicted molar refractivity (Wildman–Crippen MR) is 71.3 cm³/mol. The van der Waals surface area contributed by atoms with Crippen molar-refractivity contribution in [3.63, 3.8) is 0 Å². The molecule has 0 radical (unpaired) electrons. The first-order valence-corrected chi connectivity index (χ1v) is 6.57. The van der Waals surface area contributed by atoms with Crippen LogP contribution in [0.25, 0.3) is 0 Å². The molecular weight excluding hydrogens is 280 g/mol. The molecule has 1 fully saturated rings. The summed E-state index contributed by atoms with van der Waals surface area (Å²) < 4.78 is 1.04. The third-order valence-electron chi connectivity index (χ3n) is 3.35. The maximum absolute atomic E-state index is 12.2. The molecule has 2 rings (SSSR count). The summed E-state index contributed by atoms with van der Waals surface area (Å²) in [6.45, 7) is 1.11. The average molecular weight is 297 g/mol. The highest BCUT2D eigenvalue weighted by molar-refractivity contribution is 9.10. The van der Waals surface area contributed by atoms with Crippen LogP contribution in [0.1, 0.15) is 18.4 Å². The van der Waals surface area contributed by atoms with Gasteiger partial charge in [0.05, 0.1) is 5.41 Å². The monoisotopic (exact) mass is 296 g/mol. The minimum atomic E-state index is -0.249. The number of hydrogen-bond acceptors (Lipinski definition) is 2. The predicted octanol–water partition coefficient (Wildman–Crippen LogP) is 2.15. The third kappa shape index (κ3) is 2.69. The van der Waals surface area contributed by atoms with Crippen molar-refractivity contribution in [1.29, 1.82) is 0 Å². The SMILES string of the molecule is CN(Cc1cccc(Br)c1)C(=O)C1(CN)CC1. The number of benzene rings is 1. The van der Waals surface area contributed by atoms with Crippen molar-refractivity contribution in [1.82, 2.24) is 4.90 Å². The van der Waals surface area contributed by atoms with E-state index < -0.39 is 0 Å². The summed E-state index contributed by atoms with van der Waals surface area (Å²) in [5.41, 5.74) is 6.55. The molecule has 1 aliphatic carbocycles. The van der Waals surface area contributed by atoms with Crippen LogP contribution in [-0.2, 0) is 11.3 Å². The van der Waals surface area contributed by atoms with E-state index in [2.05, 4.69) is 15.9 Å². The second-order valence-electron chi connectivity index (χ2n) is 4.78. The van der Waals surface area contributed by atoms with Gasteiger partial charge in [0, 0.05) is 24.6 Å². The van der Waals surface area contributed by atoms with Crippen LogP contribution in [-0.4, -0.2) is 24.4 Å². The summed E-state index contributed by atoms with van der Waals surface area (Å²) in [7, 11) is 1.85. The van der Waals surface area contributed by atoms with Crippen LogP contribution in [0, 0.1) is 5.41 Å². The van der Waals surface area contributed by atoms with Crippen molar-refractivity contribution < 1.29 is 4.79 Å². The molecule has 1 aliphatic rings. The maximum Gasteiger partial charge on any atom is 0.230 e. The summed E-state index contributed by atoms with van der Waals surface area (Å²) in [4.78, 5) is 14.0. The quantitative estimate of drug-likeness (QED) is 0.925. The van der Waals surface area contributed by atoms with E-state index in [9.17, 15) is 4.79 Å². The van der Waals surface area contributed by atoms with Crippen LogP contribution in [0.15, 0.2) is 28.7 Å². The fourth-order valence-electron chi connectivity index (χ4n) is 2.04. The zero-order chi connectivity index (χ0) is 12.5. The van der Waals surface area contributed by atoms with E-state index in [1.54, 1.807) is 4.90 Å². The number of amides is 1. The van der Waals surface area contributed by atoms with Gasteiger partial charge in [-0.3, -0.25) is 4.79 Å². The molecule has 2 N–H and O–H groups in total. The molecule has 0 spiro atoms. The van der Waals surface area contributed by atoms with Gasteiger partial charge >= 0.3 is 0 Å². The summed E-state index contributed by atoms with van der Waals surface area (Å²) in [5, 5.41) is 0. The molecule has 0 heterocycles. The first-order chi connectivity index (χ1) is 8.07. The molecule has 92 valence electrons. The van der Waals surface area contributed by atoms with Crippen LogP contribution in [0.4, 0.5) is 0 Å². The lowest BCUT2D eigenvalue weighted by Crippen LogP contribution is -2.37. The largest absolute Gasteiger partial charge is 0.341 e. The van der Waals surface area contributed by atoms with Gasteiger partial charge in [-0.25, -0.2) is 0 Å². The number of hydrogen-bond donors (Lipinski definition) is 1. The summed E-state index contributed by atoms with van der Waals surface area (Å²) in [5.74, 6) is 0.181. The molecule has 1 amide bonds. The average Bonchev–Trinajstić information content (AvgIpc) is 3.09. The van der Waals surface area contributed by atoms with Crippen molar-refractivity contribution in [3.8, 4) is 0 Å². The van der Waals surface area contributed by atoms with E-state index in [0.717, 1.165) is 22.9 Å². The minimum Gasteiger partial charge on any atom is -0.341 e. The fourth-order valence-corrected chi connectivity index (χ4v) is 2.49. The molecule has 1 aromatic rings. The van der Waals surface area contributed by atoms with Crippen molar-refractivity contribution in [3.05, 3.63) is 34.3 Å². The van der Waals surface area contributed by atoms with E-state index in [1.165, 1.54) is 0 Å². The zero-order valence-electron chi connectivity index (χ0n) is 9.95. The number of nitrogens with two attached hydrogens (primary N) is 1. The molecule has 0 bridgehead atoms. The fraction of sp³-hybridized carbons (Fsp3) is 0.462. The summed E-state index contributed by atoms with van der Waals surface area (Å²) >= 11 is 3.43. The number of carbonyl (C=O) groups excluding carboxylic acids is 1. The Labute approximate surface area is 110 Å². The van der Waals surface area contributed by atoms with Gasteiger partial charge in [-0.1, -0.05) is 28.1 Å². The lowest BCUT2D eigenvalue weighted by atomic mass is 10.1. The van der Waals surface area contributed by atoms with E-state index in [-0.39, 0.29) is 11.3 Å². The maximum atomic E-state index is 12.2. The molecule has 17 heavy (non-hydrogen) atoms. The smallest absolute Gasteiger partial charge is 0.230 e. The van der Waals surface area contributed by atoms with E-state index >= 15 is 0 Å². The summed E-state index contributed by atoms with van der Waals surface area (Å²) in [6.07, 6.45) is 1.87. The number of carbonyl (C=O) groups is 1. The van der Waals surface area contributed by atoms with Crippen LogP contribution in [0.2, 0.25) is 0 Å². The molecule has 0 unspecified atom stereocenters. The Bertz CT molecular complexity index is 429. The number of rotatable bonds is 4. The Morgan fingerprint density at radius 1 is 1.53 bits per heavy atom. The Balaban J connectivity index is 2.02. The first-order valence-electron chi connectivity index (χ1n) is 5.77. The van der Waals surface area contributed by atoms with Crippen molar-refractivity contribution in [2.24, 2.45) is 11.1 Å². The topological polar surface area (TPSA) is 46.3 Å². The number of nitrogens with zero attached hydrogens (tertiary/aromatic N) is 1. The Morgan fingerprint density at radius 2 is 2.24 bits per heavy atom. The van der Waals surface area contributed by atoms with E-state index in [0.29, 0.717) is 13.1 Å². The van der Waals surface area contributed by atoms with Crippen molar-refractivity contribution in [2.45, 2.75) is 19.4 Å². The highest BCUT2D eigenvalue weighted by atomic mass is 79.9. The molecule has 0 saturated heterocycles. The lowest BCUT2D eigenvalue weighted by molar-refractivity contribution is -0.135. The van der Waals surface area contributed by atoms with E-state index in [4.69, 9.17) is 5.73 Å². The van der Waals surface area contributed by atoms with Gasteiger partial charge in [0.2, 0.25) is 5.91 Å². The molecule has 1 saturated carbocycles. The Kier molecular flexibility index (Phi) is 3.54. The lowest BCUT2D eigenvalue weighted by Gasteiger charge is -2.22. The Morgan fingerprint density at radius 3 is 2.76 bits per heavy atom. The van der Waals surface area contributed by atoms with Gasteiger partial charge in [0.1, 0.15) is 0 Å². The van der Waals surface area contributed by atoms with Crippen LogP contribution in [0.5, 0.6) is 0 Å². The van der Waals surface area contributed by atoms with Gasteiger partial charge in [-0.05, 0) is 30.5 Å². The second kappa shape index (κ2) is 4.78. The molecule has 0 aliphatic heterocycles. The van der Waals surface area contributed by atoms with Crippen LogP contribution >= 0.6 is 15.9 Å². The normalized spacial score (nSPS) is 16.6. The molecule has 0 aromatic heterocycles. The van der Waals surface area contributed by atoms with E-state index in [1.807, 2.05) is 31.3 Å². The van der Waals surface area contributed by atoms with Crippen molar-refractivity contribution >= 4 is 21.8 Å². The molecule has 3 nitrogen and oxygen atoms in total. The highest BCUT2D eigenvalue weighted by Crippen LogP contribution is 2.46. The van der Waals surface area contributed by atoms with Crippen molar-refractivity contribution in [2.75, 3.05) is 13.6 Å². The van der Waals surface area contributed by atoms with Gasteiger partial charge < -0.3 is 10.6 Å². The van der Waals surface area contributed by atoms with Crippen LogP contribution < -0.4 is 5.73 Å². The third-order valence-corrected chi connectivity index (χ3v) is 3.85. The first kappa shape index (κ1) is 12.6. The molecule has 1 aromatic carbocycles. The molecular formula is C13H17BrN2O. The number of halogens is 1. The highest BCUT2D eigenvalue weighted by Gasteiger charge is 2.49. The second-order valence-corrected chi connectivity index (χ2v) is 5.69. The Hall–Kier alpha value is -0.870. The molecule has 0 atom stereocenters. The van der Waals surface area contributed by atoms with Gasteiger partial charge in [-0.2, -0.15) is 0 Å². The summed E-state index contributed by atoms with van der Waals surface area (Å²) in [6, 6.07) is 8.02. The standard InChI is InChI=1S/C13H17BrN2O/c1-16(12(17)13(9-15)5-6-13)8-10-3-2-4-11(14)7-10/h2-4,7H,5-6,8-9,15H2,1H3. The molecule has 4 heteroatoms. The van der Waals surface area contributed by atoms with Gasteiger partial charge in [0.25, 0.3) is 0 Å². The van der Waals surface area contributed by atoms with Gasteiger partial charge in [-0.15, -0.1) is 0 Å². The van der Waals surface area contributed by atoms with Crippen LogP contribution in [0.3, 0.4) is 0 Å².